The van der Waals surface area contributed by atoms with Crippen LogP contribution in [0.4, 0.5) is 11.4 Å². The molecule has 0 aromatic heterocycles. The number of rotatable bonds is 0. The fourth-order valence-corrected chi connectivity index (χ4v) is 3.04. The standard InChI is InChI=1S/C15H21N7/c1-20-7-9-22(10-8-20)15-13-14(21(2)19-18-13)16-11-5-3-4-6-12(11)17-15/h3-6,14,16,19H,7-10H2,1-2H3. The van der Waals surface area contributed by atoms with E-state index in [9.17, 15) is 0 Å². The molecule has 1 unspecified atom stereocenters. The summed E-state index contributed by atoms with van der Waals surface area (Å²) in [5, 5.41) is 10.0. The van der Waals surface area contributed by atoms with Crippen molar-refractivity contribution in [3.63, 3.8) is 0 Å². The number of piperazine rings is 1. The van der Waals surface area contributed by atoms with Crippen LogP contribution in [0.5, 0.6) is 0 Å². The molecule has 3 aliphatic rings. The highest BCUT2D eigenvalue weighted by molar-refractivity contribution is 6.44. The first kappa shape index (κ1) is 13.5. The molecule has 0 spiro atoms. The van der Waals surface area contributed by atoms with Crippen LogP contribution in [0, 0.1) is 0 Å². The molecule has 1 aromatic rings. The quantitative estimate of drug-likeness (QED) is 0.731. The smallest absolute Gasteiger partial charge is 0.156 e. The lowest BCUT2D eigenvalue weighted by molar-refractivity contribution is 0.216. The molecule has 1 saturated heterocycles. The number of likely N-dealkylation sites (N-methyl/N-ethyl adjacent to an activating group) is 1. The minimum atomic E-state index is 0.00190. The molecule has 7 heteroatoms. The van der Waals surface area contributed by atoms with Crippen LogP contribution < -0.4 is 10.9 Å². The number of aliphatic imine (C=N–C) groups is 1. The van der Waals surface area contributed by atoms with Crippen molar-refractivity contribution in [3.8, 4) is 0 Å². The third kappa shape index (κ3) is 2.22. The van der Waals surface area contributed by atoms with Crippen LogP contribution in [0.3, 0.4) is 0 Å². The van der Waals surface area contributed by atoms with Gasteiger partial charge in [0.15, 0.2) is 5.84 Å². The molecule has 1 fully saturated rings. The maximum Gasteiger partial charge on any atom is 0.156 e. The summed E-state index contributed by atoms with van der Waals surface area (Å²) in [5.74, 6) is 0.979. The molecule has 0 aliphatic carbocycles. The van der Waals surface area contributed by atoms with Crippen LogP contribution in [-0.4, -0.2) is 72.8 Å². The summed E-state index contributed by atoms with van der Waals surface area (Å²) >= 11 is 0. The Kier molecular flexibility index (Phi) is 3.24. The monoisotopic (exact) mass is 299 g/mol. The fraction of sp³-hybridized carbons (Fsp3) is 0.467. The highest BCUT2D eigenvalue weighted by atomic mass is 15.7. The Morgan fingerprint density at radius 3 is 2.68 bits per heavy atom. The van der Waals surface area contributed by atoms with E-state index < -0.39 is 0 Å². The zero-order chi connectivity index (χ0) is 15.1. The summed E-state index contributed by atoms with van der Waals surface area (Å²) < 4.78 is 0. The van der Waals surface area contributed by atoms with Crippen molar-refractivity contribution in [3.05, 3.63) is 24.3 Å². The number of hydrazine groups is 1. The van der Waals surface area contributed by atoms with Crippen molar-refractivity contribution in [2.75, 3.05) is 45.6 Å². The van der Waals surface area contributed by atoms with Gasteiger partial charge in [-0.3, -0.25) is 0 Å². The van der Waals surface area contributed by atoms with Gasteiger partial charge in [0.25, 0.3) is 0 Å². The molecule has 0 radical (unpaired) electrons. The number of fused-ring (bicyclic) bond motifs is 2. The Balaban J connectivity index is 1.75. The molecule has 0 amide bonds. The van der Waals surface area contributed by atoms with Crippen LogP contribution >= 0.6 is 0 Å². The van der Waals surface area contributed by atoms with Crippen LogP contribution in [0.2, 0.25) is 0 Å². The van der Waals surface area contributed by atoms with Gasteiger partial charge in [0.05, 0.1) is 11.4 Å². The highest BCUT2D eigenvalue weighted by Gasteiger charge is 2.36. The molecular formula is C15H21N7. The number of nitrogens with zero attached hydrogens (tertiary/aromatic N) is 5. The Labute approximate surface area is 130 Å². The Hall–Kier alpha value is -2.12. The van der Waals surface area contributed by atoms with Crippen molar-refractivity contribution in [2.24, 2.45) is 10.1 Å². The third-order valence-corrected chi connectivity index (χ3v) is 4.43. The normalized spacial score (nSPS) is 25.4. The number of hydrazone groups is 1. The van der Waals surface area contributed by atoms with Gasteiger partial charge >= 0.3 is 0 Å². The molecule has 2 N–H and O–H groups in total. The zero-order valence-corrected chi connectivity index (χ0v) is 13.0. The highest BCUT2D eigenvalue weighted by Crippen LogP contribution is 2.30. The van der Waals surface area contributed by atoms with Gasteiger partial charge in [-0.25, -0.2) is 10.5 Å². The van der Waals surface area contributed by atoms with E-state index in [0.29, 0.717) is 0 Å². The van der Waals surface area contributed by atoms with E-state index in [4.69, 9.17) is 4.99 Å². The molecular weight excluding hydrogens is 278 g/mol. The third-order valence-electron chi connectivity index (χ3n) is 4.43. The van der Waals surface area contributed by atoms with E-state index in [1.54, 1.807) is 0 Å². The first-order valence-corrected chi connectivity index (χ1v) is 7.66. The maximum absolute atomic E-state index is 4.93. The second kappa shape index (κ2) is 5.26. The molecule has 22 heavy (non-hydrogen) atoms. The molecule has 116 valence electrons. The summed E-state index contributed by atoms with van der Waals surface area (Å²) in [7, 11) is 4.15. The summed E-state index contributed by atoms with van der Waals surface area (Å²) in [6.45, 7) is 4.06. The first-order valence-electron chi connectivity index (χ1n) is 7.66. The summed E-state index contributed by atoms with van der Waals surface area (Å²) in [6.07, 6.45) is 0.00190. The minimum Gasteiger partial charge on any atom is -0.361 e. The average molecular weight is 299 g/mol. The number of amidine groups is 1. The van der Waals surface area contributed by atoms with E-state index in [0.717, 1.165) is 49.1 Å². The van der Waals surface area contributed by atoms with Gasteiger partial charge in [-0.05, 0) is 19.2 Å². The van der Waals surface area contributed by atoms with E-state index in [1.807, 2.05) is 30.3 Å². The Bertz CT molecular complexity index is 631. The zero-order valence-electron chi connectivity index (χ0n) is 13.0. The minimum absolute atomic E-state index is 0.00190. The van der Waals surface area contributed by atoms with Crippen LogP contribution in [0.25, 0.3) is 0 Å². The number of benzene rings is 1. The molecule has 0 bridgehead atoms. The predicted molar refractivity (Wildman–Crippen MR) is 88.4 cm³/mol. The number of nitrogens with one attached hydrogen (secondary N) is 2. The van der Waals surface area contributed by atoms with Gasteiger partial charge in [-0.1, -0.05) is 12.1 Å². The number of para-hydroxylation sites is 2. The van der Waals surface area contributed by atoms with Crippen molar-refractivity contribution in [1.29, 1.82) is 0 Å². The fourth-order valence-electron chi connectivity index (χ4n) is 3.04. The van der Waals surface area contributed by atoms with E-state index in [1.165, 1.54) is 0 Å². The van der Waals surface area contributed by atoms with Gasteiger partial charge in [0.2, 0.25) is 0 Å². The Morgan fingerprint density at radius 2 is 1.86 bits per heavy atom. The SMILES string of the molecule is CN1CCN(C2=Nc3ccccc3NC3C2=NNN3C)CC1. The Morgan fingerprint density at radius 1 is 1.09 bits per heavy atom. The molecule has 0 saturated carbocycles. The molecule has 7 nitrogen and oxygen atoms in total. The maximum atomic E-state index is 4.93. The van der Waals surface area contributed by atoms with Crippen molar-refractivity contribution >= 4 is 22.9 Å². The molecule has 1 aromatic carbocycles. The van der Waals surface area contributed by atoms with E-state index >= 15 is 0 Å². The predicted octanol–water partition coefficient (Wildman–Crippen LogP) is 0.522. The van der Waals surface area contributed by atoms with Crippen LogP contribution in [-0.2, 0) is 0 Å². The van der Waals surface area contributed by atoms with Crippen LogP contribution in [0.15, 0.2) is 34.4 Å². The van der Waals surface area contributed by atoms with Gasteiger partial charge in [0, 0.05) is 33.2 Å². The number of hydrogen-bond donors (Lipinski definition) is 2. The number of hydrogen-bond acceptors (Lipinski definition) is 7. The lowest BCUT2D eigenvalue weighted by Crippen LogP contribution is -2.53. The van der Waals surface area contributed by atoms with Crippen LogP contribution in [0.1, 0.15) is 0 Å². The molecule has 3 aliphatic heterocycles. The summed E-state index contributed by atoms with van der Waals surface area (Å²) in [4.78, 5) is 9.62. The van der Waals surface area contributed by atoms with Gasteiger partial charge < -0.3 is 15.1 Å². The topological polar surface area (TPSA) is 58.5 Å². The molecule has 4 rings (SSSR count). The second-order valence-electron chi connectivity index (χ2n) is 6.00. The van der Waals surface area contributed by atoms with Gasteiger partial charge in [0.1, 0.15) is 11.9 Å². The molecule has 3 heterocycles. The second-order valence-corrected chi connectivity index (χ2v) is 6.00. The summed E-state index contributed by atoms with van der Waals surface area (Å²) in [6, 6.07) is 8.17. The van der Waals surface area contributed by atoms with E-state index in [2.05, 4.69) is 38.9 Å². The van der Waals surface area contributed by atoms with Gasteiger partial charge in [-0.2, -0.15) is 10.1 Å². The lowest BCUT2D eigenvalue weighted by Gasteiger charge is -2.34. The van der Waals surface area contributed by atoms with Crippen molar-refractivity contribution < 1.29 is 0 Å². The summed E-state index contributed by atoms with van der Waals surface area (Å²) in [5.41, 5.74) is 6.02. The largest absolute Gasteiger partial charge is 0.361 e. The van der Waals surface area contributed by atoms with Crippen molar-refractivity contribution in [1.82, 2.24) is 20.3 Å². The van der Waals surface area contributed by atoms with Crippen molar-refractivity contribution in [2.45, 2.75) is 6.17 Å². The van der Waals surface area contributed by atoms with E-state index in [-0.39, 0.29) is 6.17 Å². The number of anilines is 1. The van der Waals surface area contributed by atoms with Gasteiger partial charge in [-0.15, -0.1) is 0 Å². The molecule has 1 atom stereocenters. The lowest BCUT2D eigenvalue weighted by atomic mass is 10.2. The average Bonchev–Trinajstić information content (AvgIpc) is 2.80. The first-order chi connectivity index (χ1) is 10.7.